The maximum Gasteiger partial charge on any atom is 0.240 e. The number of ether oxygens (including phenoxy) is 1. The van der Waals surface area contributed by atoms with Crippen molar-refractivity contribution in [3.8, 4) is 5.75 Å². The highest BCUT2D eigenvalue weighted by Crippen LogP contribution is 2.27. The van der Waals surface area contributed by atoms with Crippen LogP contribution in [-0.4, -0.2) is 41.2 Å². The number of methoxy groups -OCH3 is 1. The molecule has 0 aliphatic heterocycles. The van der Waals surface area contributed by atoms with Crippen LogP contribution in [0.15, 0.2) is 27.6 Å². The van der Waals surface area contributed by atoms with Crippen LogP contribution in [0.1, 0.15) is 33.6 Å². The minimum absolute atomic E-state index is 0.0872. The van der Waals surface area contributed by atoms with E-state index in [-0.39, 0.29) is 10.9 Å². The lowest BCUT2D eigenvalue weighted by molar-refractivity contribution is -0.896. The van der Waals surface area contributed by atoms with Crippen LogP contribution in [0.25, 0.3) is 0 Å². The summed E-state index contributed by atoms with van der Waals surface area (Å²) in [6.07, 6.45) is 1.84. The third kappa shape index (κ3) is 6.41. The second kappa shape index (κ2) is 9.61. The second-order valence-corrected chi connectivity index (χ2v) is 8.24. The van der Waals surface area contributed by atoms with E-state index in [2.05, 4.69) is 34.5 Å². The van der Waals surface area contributed by atoms with Gasteiger partial charge in [-0.3, -0.25) is 0 Å². The van der Waals surface area contributed by atoms with Gasteiger partial charge in [-0.2, -0.15) is 0 Å². The summed E-state index contributed by atoms with van der Waals surface area (Å²) in [4.78, 5) is 1.78. The van der Waals surface area contributed by atoms with Gasteiger partial charge >= 0.3 is 0 Å². The Morgan fingerprint density at radius 1 is 1.30 bits per heavy atom. The van der Waals surface area contributed by atoms with Gasteiger partial charge in [-0.15, -0.1) is 0 Å². The summed E-state index contributed by atoms with van der Waals surface area (Å²) in [5, 5.41) is 0. The summed E-state index contributed by atoms with van der Waals surface area (Å²) in [7, 11) is -1.96. The number of quaternary nitrogens is 1. The van der Waals surface area contributed by atoms with E-state index in [4.69, 9.17) is 4.74 Å². The van der Waals surface area contributed by atoms with Gasteiger partial charge in [-0.25, -0.2) is 13.1 Å². The zero-order chi connectivity index (χ0) is 17.5. The number of rotatable bonds is 10. The van der Waals surface area contributed by atoms with Gasteiger partial charge in [0.05, 0.1) is 36.1 Å². The Balaban J connectivity index is 2.62. The van der Waals surface area contributed by atoms with Crippen LogP contribution in [0.3, 0.4) is 0 Å². The second-order valence-electron chi connectivity index (χ2n) is 5.67. The van der Waals surface area contributed by atoms with Crippen LogP contribution in [0.5, 0.6) is 5.75 Å². The first-order valence-electron chi connectivity index (χ1n) is 8.03. The Labute approximate surface area is 148 Å². The van der Waals surface area contributed by atoms with Crippen molar-refractivity contribution in [1.29, 1.82) is 0 Å². The number of benzene rings is 1. The Kier molecular flexibility index (Phi) is 8.53. The van der Waals surface area contributed by atoms with Crippen LogP contribution in [0, 0.1) is 0 Å². The molecule has 0 spiro atoms. The molecule has 2 N–H and O–H groups in total. The molecule has 1 aromatic carbocycles. The Morgan fingerprint density at radius 3 is 2.48 bits per heavy atom. The fourth-order valence-electron chi connectivity index (χ4n) is 2.47. The van der Waals surface area contributed by atoms with E-state index in [1.807, 2.05) is 6.92 Å². The molecule has 132 valence electrons. The average Bonchev–Trinajstić information content (AvgIpc) is 2.51. The highest BCUT2D eigenvalue weighted by molar-refractivity contribution is 9.10. The SMILES string of the molecule is CC[NH+](CC)CCC[C@H](C)NS(=O)(=O)c1ccc(OC)c(Br)c1. The number of halogens is 1. The molecular weight excluding hydrogens is 380 g/mol. The Hall–Kier alpha value is -0.630. The van der Waals surface area contributed by atoms with Crippen molar-refractivity contribution in [3.05, 3.63) is 22.7 Å². The van der Waals surface area contributed by atoms with Crippen LogP contribution < -0.4 is 14.4 Å². The first-order chi connectivity index (χ1) is 10.8. The van der Waals surface area contributed by atoms with Crippen molar-refractivity contribution in [2.45, 2.75) is 44.6 Å². The predicted molar refractivity (Wildman–Crippen MR) is 96.6 cm³/mol. The van der Waals surface area contributed by atoms with E-state index in [0.717, 1.165) is 32.5 Å². The fourth-order valence-corrected chi connectivity index (χ4v) is 4.46. The van der Waals surface area contributed by atoms with Gasteiger partial charge in [0.25, 0.3) is 0 Å². The molecule has 0 aliphatic rings. The molecule has 23 heavy (non-hydrogen) atoms. The third-order valence-corrected chi connectivity index (χ3v) is 6.16. The molecule has 0 saturated heterocycles. The van der Waals surface area contributed by atoms with Crippen LogP contribution >= 0.6 is 15.9 Å². The van der Waals surface area contributed by atoms with E-state index in [0.29, 0.717) is 10.2 Å². The molecule has 0 aromatic heterocycles. The van der Waals surface area contributed by atoms with Crippen molar-refractivity contribution in [1.82, 2.24) is 4.72 Å². The molecule has 0 heterocycles. The fraction of sp³-hybridized carbons (Fsp3) is 0.625. The Bertz CT molecular complexity index is 589. The van der Waals surface area contributed by atoms with Crippen LogP contribution in [-0.2, 0) is 10.0 Å². The maximum atomic E-state index is 12.4. The lowest BCUT2D eigenvalue weighted by Crippen LogP contribution is -3.11. The lowest BCUT2D eigenvalue weighted by Gasteiger charge is -2.18. The first-order valence-corrected chi connectivity index (χ1v) is 10.3. The lowest BCUT2D eigenvalue weighted by atomic mass is 10.2. The largest absolute Gasteiger partial charge is 0.496 e. The molecular formula is C16H28BrN2O3S+. The summed E-state index contributed by atoms with van der Waals surface area (Å²) in [5.74, 6) is 0.610. The van der Waals surface area contributed by atoms with Gasteiger partial charge in [-0.05, 0) is 67.7 Å². The molecule has 0 radical (unpaired) electrons. The normalized spacial score (nSPS) is 13.3. The standard InChI is InChI=1S/C16H27BrN2O3S/c1-5-19(6-2)11-7-8-13(3)18-23(20,21)14-9-10-16(22-4)15(17)12-14/h9-10,12-13,18H,5-8,11H2,1-4H3/p+1/t13-/m0/s1. The monoisotopic (exact) mass is 407 g/mol. The number of nitrogens with one attached hydrogen (secondary N) is 2. The van der Waals surface area contributed by atoms with Crippen molar-refractivity contribution in [2.75, 3.05) is 26.7 Å². The average molecular weight is 408 g/mol. The highest BCUT2D eigenvalue weighted by atomic mass is 79.9. The van der Waals surface area contributed by atoms with Gasteiger partial charge in [0.2, 0.25) is 10.0 Å². The number of hydrogen-bond donors (Lipinski definition) is 2. The van der Waals surface area contributed by atoms with E-state index in [9.17, 15) is 8.42 Å². The molecule has 0 fully saturated rings. The van der Waals surface area contributed by atoms with E-state index in [1.165, 1.54) is 0 Å². The minimum atomic E-state index is -3.51. The van der Waals surface area contributed by atoms with E-state index < -0.39 is 10.0 Å². The van der Waals surface area contributed by atoms with Gasteiger partial charge in [0.1, 0.15) is 5.75 Å². The molecule has 0 aliphatic carbocycles. The molecule has 1 atom stereocenters. The number of hydrogen-bond acceptors (Lipinski definition) is 3. The third-order valence-electron chi connectivity index (χ3n) is 3.96. The minimum Gasteiger partial charge on any atom is -0.496 e. The molecule has 5 nitrogen and oxygen atoms in total. The molecule has 1 rings (SSSR count). The van der Waals surface area contributed by atoms with Crippen molar-refractivity contribution < 1.29 is 18.1 Å². The van der Waals surface area contributed by atoms with Gasteiger partial charge in [0, 0.05) is 6.04 Å². The smallest absolute Gasteiger partial charge is 0.240 e. The van der Waals surface area contributed by atoms with Crippen molar-refractivity contribution in [2.24, 2.45) is 0 Å². The van der Waals surface area contributed by atoms with E-state index in [1.54, 1.807) is 30.2 Å². The van der Waals surface area contributed by atoms with Gasteiger partial charge < -0.3 is 9.64 Å². The predicted octanol–water partition coefficient (Wildman–Crippen LogP) is 1.83. The summed E-state index contributed by atoms with van der Waals surface area (Å²) in [5.41, 5.74) is 0. The summed E-state index contributed by atoms with van der Waals surface area (Å²) >= 11 is 3.32. The summed E-state index contributed by atoms with van der Waals surface area (Å²) in [6, 6.07) is 4.68. The molecule has 0 bridgehead atoms. The zero-order valence-corrected chi connectivity index (χ0v) is 16.8. The van der Waals surface area contributed by atoms with Crippen molar-refractivity contribution in [3.63, 3.8) is 0 Å². The van der Waals surface area contributed by atoms with Gasteiger partial charge in [0.15, 0.2) is 0 Å². The summed E-state index contributed by atoms with van der Waals surface area (Å²) in [6.45, 7) is 9.55. The molecule has 0 unspecified atom stereocenters. The zero-order valence-electron chi connectivity index (χ0n) is 14.4. The maximum absolute atomic E-state index is 12.4. The first kappa shape index (κ1) is 20.4. The highest BCUT2D eigenvalue weighted by Gasteiger charge is 2.19. The van der Waals surface area contributed by atoms with Gasteiger partial charge in [-0.1, -0.05) is 0 Å². The van der Waals surface area contributed by atoms with Crippen LogP contribution in [0.4, 0.5) is 0 Å². The van der Waals surface area contributed by atoms with Crippen LogP contribution in [0.2, 0.25) is 0 Å². The van der Waals surface area contributed by atoms with Crippen molar-refractivity contribution >= 4 is 26.0 Å². The topological polar surface area (TPSA) is 59.8 Å². The van der Waals surface area contributed by atoms with E-state index >= 15 is 0 Å². The quantitative estimate of drug-likeness (QED) is 0.621. The summed E-state index contributed by atoms with van der Waals surface area (Å²) < 4.78 is 33.4. The molecule has 7 heteroatoms. The number of sulfonamides is 1. The molecule has 1 aromatic rings. The Morgan fingerprint density at radius 2 is 1.96 bits per heavy atom. The molecule has 0 saturated carbocycles. The molecule has 0 amide bonds.